The Balaban J connectivity index is 1.93. The third-order valence-electron chi connectivity index (χ3n) is 4.46. The molecule has 1 aromatic heterocycles. The van der Waals surface area contributed by atoms with Gasteiger partial charge in [-0.25, -0.2) is 4.79 Å². The van der Waals surface area contributed by atoms with Gasteiger partial charge in [0.2, 0.25) is 0 Å². The van der Waals surface area contributed by atoms with Gasteiger partial charge in [0.05, 0.1) is 12.1 Å². The molecule has 0 atom stereocenters. The number of H-pyrrole nitrogens is 1. The molecule has 0 amide bonds. The third-order valence-corrected chi connectivity index (χ3v) is 4.79. The summed E-state index contributed by atoms with van der Waals surface area (Å²) in [6.07, 6.45) is 0. The Morgan fingerprint density at radius 1 is 1.14 bits per heavy atom. The maximum Gasteiger partial charge on any atom is 0.347 e. The van der Waals surface area contributed by atoms with Crippen molar-refractivity contribution in [2.24, 2.45) is 0 Å². The molecule has 0 aliphatic carbocycles. The molecular formula is C21H24Cl2N4O2. The van der Waals surface area contributed by atoms with Gasteiger partial charge < -0.3 is 15.0 Å². The second kappa shape index (κ2) is 10.5. The minimum Gasteiger partial charge on any atom is -0.494 e. The molecule has 0 saturated carbocycles. The van der Waals surface area contributed by atoms with Crippen molar-refractivity contribution in [3.63, 3.8) is 0 Å². The fourth-order valence-corrected chi connectivity index (χ4v) is 3.64. The Kier molecular flexibility index (Phi) is 7.75. The normalized spacial score (nSPS) is 11.2. The van der Waals surface area contributed by atoms with E-state index >= 15 is 0 Å². The summed E-state index contributed by atoms with van der Waals surface area (Å²) in [6, 6.07) is 13.4. The number of rotatable bonds is 10. The average molecular weight is 435 g/mol. The molecule has 1 heterocycles. The zero-order valence-electron chi connectivity index (χ0n) is 16.3. The first kappa shape index (κ1) is 21.4. The van der Waals surface area contributed by atoms with Gasteiger partial charge in [-0.05, 0) is 37.3 Å². The third kappa shape index (κ3) is 5.63. The van der Waals surface area contributed by atoms with Gasteiger partial charge in [0, 0.05) is 48.0 Å². The summed E-state index contributed by atoms with van der Waals surface area (Å²) in [7, 11) is 0. The molecule has 2 aromatic carbocycles. The minimum absolute atomic E-state index is 0.396. The number of aromatic nitrogens is 2. The number of aromatic amines is 1. The summed E-state index contributed by atoms with van der Waals surface area (Å²) in [5, 5.41) is 4.12. The number of fused-ring (bicyclic) bond motifs is 1. The molecule has 0 bridgehead atoms. The molecule has 0 unspecified atom stereocenters. The molecule has 0 aliphatic rings. The number of alkyl halides is 2. The zero-order chi connectivity index (χ0) is 20.6. The van der Waals surface area contributed by atoms with Crippen molar-refractivity contribution in [3.8, 4) is 5.75 Å². The van der Waals surface area contributed by atoms with E-state index in [-0.39, 0.29) is 0 Å². The number of nitrogens with one attached hydrogen (secondary N) is 2. The second-order valence-corrected chi connectivity index (χ2v) is 7.23. The number of benzene rings is 2. The lowest BCUT2D eigenvalue weighted by molar-refractivity contribution is 0.285. The second-order valence-electron chi connectivity index (χ2n) is 6.47. The first-order valence-corrected chi connectivity index (χ1v) is 10.6. The summed E-state index contributed by atoms with van der Waals surface area (Å²) < 4.78 is 5.80. The van der Waals surface area contributed by atoms with Gasteiger partial charge in [-0.1, -0.05) is 12.1 Å². The van der Waals surface area contributed by atoms with Crippen LogP contribution in [0.2, 0.25) is 0 Å². The van der Waals surface area contributed by atoms with E-state index in [9.17, 15) is 4.79 Å². The van der Waals surface area contributed by atoms with Crippen LogP contribution in [0.3, 0.4) is 0 Å². The number of para-hydroxylation sites is 1. The standard InChI is InChI=1S/C21H24Cl2N4O2/c1-2-29-19-8-7-16(13-15(19)14-27(11-9-22)12-10-23)24-20-17-5-3-4-6-18(17)25-21(28)26-20/h3-8,13H,2,9-12,14H2,1H3,(H2,24,25,26,28). The molecule has 3 rings (SSSR count). The van der Waals surface area contributed by atoms with Gasteiger partial charge in [0.15, 0.2) is 0 Å². The van der Waals surface area contributed by atoms with Crippen LogP contribution in [0, 0.1) is 0 Å². The number of hydrogen-bond donors (Lipinski definition) is 2. The van der Waals surface area contributed by atoms with Crippen LogP contribution in [0.5, 0.6) is 5.75 Å². The predicted molar refractivity (Wildman–Crippen MR) is 120 cm³/mol. The van der Waals surface area contributed by atoms with Gasteiger partial charge in [0.1, 0.15) is 11.6 Å². The van der Waals surface area contributed by atoms with Crippen LogP contribution >= 0.6 is 23.2 Å². The fourth-order valence-electron chi connectivity index (χ4n) is 3.16. The Labute approximate surface area is 179 Å². The van der Waals surface area contributed by atoms with Crippen LogP contribution in [0.15, 0.2) is 47.3 Å². The van der Waals surface area contributed by atoms with E-state index in [2.05, 4.69) is 20.2 Å². The Bertz CT molecular complexity index is 1000. The predicted octanol–water partition coefficient (Wildman–Crippen LogP) is 4.35. The molecule has 29 heavy (non-hydrogen) atoms. The average Bonchev–Trinajstić information content (AvgIpc) is 2.70. The van der Waals surface area contributed by atoms with Gasteiger partial charge in [-0.3, -0.25) is 4.90 Å². The lowest BCUT2D eigenvalue weighted by Crippen LogP contribution is -2.27. The highest BCUT2D eigenvalue weighted by Crippen LogP contribution is 2.28. The van der Waals surface area contributed by atoms with E-state index in [1.807, 2.05) is 49.4 Å². The van der Waals surface area contributed by atoms with Crippen LogP contribution < -0.4 is 15.7 Å². The van der Waals surface area contributed by atoms with Crippen molar-refractivity contribution in [2.75, 3.05) is 36.8 Å². The molecule has 0 fully saturated rings. The molecular weight excluding hydrogens is 411 g/mol. The van der Waals surface area contributed by atoms with Gasteiger partial charge in [0.25, 0.3) is 0 Å². The molecule has 154 valence electrons. The smallest absolute Gasteiger partial charge is 0.347 e. The van der Waals surface area contributed by atoms with Crippen molar-refractivity contribution < 1.29 is 4.74 Å². The van der Waals surface area contributed by atoms with E-state index in [0.717, 1.165) is 41.0 Å². The summed E-state index contributed by atoms with van der Waals surface area (Å²) in [4.78, 5) is 21.0. The molecule has 0 spiro atoms. The van der Waals surface area contributed by atoms with Crippen molar-refractivity contribution in [3.05, 3.63) is 58.5 Å². The van der Waals surface area contributed by atoms with Crippen LogP contribution in [0.1, 0.15) is 12.5 Å². The first-order valence-electron chi connectivity index (χ1n) is 9.50. The van der Waals surface area contributed by atoms with E-state index in [4.69, 9.17) is 27.9 Å². The molecule has 0 saturated heterocycles. The number of hydrogen-bond acceptors (Lipinski definition) is 5. The van der Waals surface area contributed by atoms with Gasteiger partial charge >= 0.3 is 5.69 Å². The van der Waals surface area contributed by atoms with Crippen LogP contribution in [0.4, 0.5) is 11.5 Å². The Morgan fingerprint density at radius 2 is 1.90 bits per heavy atom. The quantitative estimate of drug-likeness (QED) is 0.464. The van der Waals surface area contributed by atoms with Gasteiger partial charge in [-0.15, -0.1) is 23.2 Å². The molecule has 3 aromatic rings. The molecule has 0 radical (unpaired) electrons. The molecule has 8 heteroatoms. The van der Waals surface area contributed by atoms with Gasteiger partial charge in [-0.2, -0.15) is 4.98 Å². The summed E-state index contributed by atoms with van der Waals surface area (Å²) in [5.41, 5.74) is 2.17. The largest absolute Gasteiger partial charge is 0.494 e. The highest BCUT2D eigenvalue weighted by Gasteiger charge is 2.12. The Hall–Kier alpha value is -2.28. The monoisotopic (exact) mass is 434 g/mol. The summed E-state index contributed by atoms with van der Waals surface area (Å²) in [6.45, 7) is 4.66. The number of ether oxygens (including phenoxy) is 1. The summed E-state index contributed by atoms with van der Waals surface area (Å²) >= 11 is 11.9. The van der Waals surface area contributed by atoms with E-state index in [0.29, 0.717) is 30.7 Å². The maximum absolute atomic E-state index is 11.9. The zero-order valence-corrected chi connectivity index (χ0v) is 17.8. The SMILES string of the molecule is CCOc1ccc(Nc2nc(=O)[nH]c3ccccc23)cc1CN(CCCl)CCCl. The fraction of sp³-hybridized carbons (Fsp3) is 0.333. The van der Waals surface area contributed by atoms with Crippen molar-refractivity contribution >= 4 is 45.6 Å². The van der Waals surface area contributed by atoms with Crippen molar-refractivity contribution in [2.45, 2.75) is 13.5 Å². The van der Waals surface area contributed by atoms with E-state index in [1.54, 1.807) is 0 Å². The number of nitrogens with zero attached hydrogens (tertiary/aromatic N) is 2. The van der Waals surface area contributed by atoms with Crippen molar-refractivity contribution in [1.82, 2.24) is 14.9 Å². The first-order chi connectivity index (χ1) is 14.1. The molecule has 0 aliphatic heterocycles. The lowest BCUT2D eigenvalue weighted by Gasteiger charge is -2.22. The maximum atomic E-state index is 11.9. The van der Waals surface area contributed by atoms with Crippen LogP contribution in [0.25, 0.3) is 10.9 Å². The highest BCUT2D eigenvalue weighted by molar-refractivity contribution is 6.18. The molecule has 2 N–H and O–H groups in total. The molecule has 6 nitrogen and oxygen atoms in total. The minimum atomic E-state index is -0.396. The summed E-state index contributed by atoms with van der Waals surface area (Å²) in [5.74, 6) is 2.39. The number of halogens is 2. The van der Waals surface area contributed by atoms with Crippen LogP contribution in [-0.2, 0) is 6.54 Å². The topological polar surface area (TPSA) is 70.2 Å². The number of anilines is 2. The highest BCUT2D eigenvalue weighted by atomic mass is 35.5. The van der Waals surface area contributed by atoms with E-state index < -0.39 is 5.69 Å². The van der Waals surface area contributed by atoms with Crippen molar-refractivity contribution in [1.29, 1.82) is 0 Å². The van der Waals surface area contributed by atoms with E-state index in [1.165, 1.54) is 0 Å². The van der Waals surface area contributed by atoms with Crippen LogP contribution in [-0.4, -0.2) is 46.3 Å². The Morgan fingerprint density at radius 3 is 2.62 bits per heavy atom. The lowest BCUT2D eigenvalue weighted by atomic mass is 10.1.